The number of hydrogen-bond acceptors (Lipinski definition) is 5. The van der Waals surface area contributed by atoms with Crippen molar-refractivity contribution in [1.82, 2.24) is 14.9 Å². The van der Waals surface area contributed by atoms with E-state index in [1.807, 2.05) is 17.0 Å². The lowest BCUT2D eigenvalue weighted by molar-refractivity contribution is -0.132. The number of ketones is 1. The van der Waals surface area contributed by atoms with Crippen molar-refractivity contribution in [2.75, 3.05) is 13.1 Å². The number of aromatic nitrogens is 2. The van der Waals surface area contributed by atoms with Crippen LogP contribution in [0.15, 0.2) is 53.3 Å². The van der Waals surface area contributed by atoms with Crippen LogP contribution in [0.5, 0.6) is 0 Å². The Balaban J connectivity index is 1.26. The zero-order chi connectivity index (χ0) is 22.5. The van der Waals surface area contributed by atoms with Crippen molar-refractivity contribution in [3.63, 3.8) is 0 Å². The predicted octanol–water partition coefficient (Wildman–Crippen LogP) is 3.24. The smallest absolute Gasteiger partial charge is 0.258 e. The van der Waals surface area contributed by atoms with E-state index in [-0.39, 0.29) is 23.2 Å². The van der Waals surface area contributed by atoms with Crippen molar-refractivity contribution >= 4 is 22.6 Å². The molecule has 1 aromatic heterocycles. The summed E-state index contributed by atoms with van der Waals surface area (Å²) in [5.74, 6) is 0.636. The van der Waals surface area contributed by atoms with Gasteiger partial charge in [0, 0.05) is 37.4 Å². The molecule has 7 heteroatoms. The number of rotatable bonds is 6. The van der Waals surface area contributed by atoms with Crippen LogP contribution in [0.4, 0.5) is 0 Å². The molecule has 0 saturated carbocycles. The first-order chi connectivity index (χ1) is 15.5. The second-order valence-electron chi connectivity index (χ2n) is 8.09. The first kappa shape index (κ1) is 21.4. The molecule has 2 heterocycles. The fourth-order valence-electron chi connectivity index (χ4n) is 4.15. The lowest BCUT2D eigenvalue weighted by Crippen LogP contribution is -2.40. The van der Waals surface area contributed by atoms with Crippen molar-refractivity contribution in [2.45, 2.75) is 32.1 Å². The molecule has 0 aliphatic carbocycles. The van der Waals surface area contributed by atoms with Gasteiger partial charge in [-0.05, 0) is 43.5 Å². The first-order valence-corrected chi connectivity index (χ1v) is 10.9. The number of Topliss-reactive ketones (excluding diaryl/α,β-unsaturated/α-hetero) is 1. The summed E-state index contributed by atoms with van der Waals surface area (Å²) in [6.45, 7) is 1.13. The van der Waals surface area contributed by atoms with E-state index < -0.39 is 0 Å². The molecule has 7 nitrogen and oxygen atoms in total. The molecule has 0 unspecified atom stereocenters. The third-order valence-electron chi connectivity index (χ3n) is 5.98. The van der Waals surface area contributed by atoms with E-state index in [1.54, 1.807) is 36.4 Å². The summed E-state index contributed by atoms with van der Waals surface area (Å²) in [6.07, 6.45) is 2.79. The van der Waals surface area contributed by atoms with Gasteiger partial charge in [0.15, 0.2) is 5.78 Å². The van der Waals surface area contributed by atoms with Crippen molar-refractivity contribution in [1.29, 1.82) is 5.26 Å². The standard InChI is InChI=1S/C25H24N4O3/c26-16-17-8-10-18(11-9-17)24(31)19-12-14-29(15-13-19)23(30)7-3-6-22-27-21-5-2-1-4-20(21)25(32)28-22/h1-2,4-5,8-11,19H,3,6-7,12-15H2,(H,27,28,32). The molecule has 1 aliphatic rings. The molecule has 1 N–H and O–H groups in total. The largest absolute Gasteiger partial charge is 0.343 e. The quantitative estimate of drug-likeness (QED) is 0.607. The number of aromatic amines is 1. The SMILES string of the molecule is N#Cc1ccc(C(=O)C2CCN(C(=O)CCCc3nc4ccccc4c(=O)[nH]3)CC2)cc1. The highest BCUT2D eigenvalue weighted by Gasteiger charge is 2.27. The topological polar surface area (TPSA) is 107 Å². The first-order valence-electron chi connectivity index (χ1n) is 10.9. The van der Waals surface area contributed by atoms with Crippen molar-refractivity contribution in [3.8, 4) is 6.07 Å². The van der Waals surface area contributed by atoms with Gasteiger partial charge in [0.2, 0.25) is 5.91 Å². The molecule has 1 saturated heterocycles. The molecule has 3 aromatic rings. The minimum atomic E-state index is -0.161. The van der Waals surface area contributed by atoms with Gasteiger partial charge >= 0.3 is 0 Å². The zero-order valence-electron chi connectivity index (χ0n) is 17.7. The van der Waals surface area contributed by atoms with Gasteiger partial charge in [-0.15, -0.1) is 0 Å². The Morgan fingerprint density at radius 3 is 2.53 bits per heavy atom. The normalized spacial score (nSPS) is 14.3. The van der Waals surface area contributed by atoms with Crippen molar-refractivity contribution in [2.24, 2.45) is 5.92 Å². The van der Waals surface area contributed by atoms with Crippen LogP contribution in [0.25, 0.3) is 10.9 Å². The minimum absolute atomic E-state index is 0.0670. The summed E-state index contributed by atoms with van der Waals surface area (Å²) in [4.78, 5) is 46.6. The van der Waals surface area contributed by atoms with E-state index in [1.165, 1.54) is 0 Å². The molecule has 0 bridgehead atoms. The Morgan fingerprint density at radius 2 is 1.81 bits per heavy atom. The van der Waals surface area contributed by atoms with Crippen LogP contribution in [0, 0.1) is 17.2 Å². The molecule has 1 aliphatic heterocycles. The van der Waals surface area contributed by atoms with Crippen molar-refractivity contribution in [3.05, 3.63) is 75.8 Å². The number of para-hydroxylation sites is 1. The Morgan fingerprint density at radius 1 is 1.09 bits per heavy atom. The van der Waals surface area contributed by atoms with E-state index in [9.17, 15) is 14.4 Å². The zero-order valence-corrected chi connectivity index (χ0v) is 17.7. The lowest BCUT2D eigenvalue weighted by Gasteiger charge is -2.31. The average Bonchev–Trinajstić information content (AvgIpc) is 2.84. The van der Waals surface area contributed by atoms with Gasteiger partial charge in [-0.1, -0.05) is 24.3 Å². The summed E-state index contributed by atoms with van der Waals surface area (Å²) in [7, 11) is 0. The van der Waals surface area contributed by atoms with Crippen LogP contribution in [0.3, 0.4) is 0 Å². The fraction of sp³-hybridized carbons (Fsp3) is 0.320. The molecule has 4 rings (SSSR count). The van der Waals surface area contributed by atoms with E-state index in [0.29, 0.717) is 73.0 Å². The number of carbonyl (C=O) groups is 2. The highest BCUT2D eigenvalue weighted by Crippen LogP contribution is 2.23. The van der Waals surface area contributed by atoms with Crippen LogP contribution in [0.2, 0.25) is 0 Å². The van der Waals surface area contributed by atoms with Gasteiger partial charge in [-0.25, -0.2) is 4.98 Å². The Bertz CT molecular complexity index is 1230. The molecule has 162 valence electrons. The van der Waals surface area contributed by atoms with Gasteiger partial charge in [-0.3, -0.25) is 14.4 Å². The highest BCUT2D eigenvalue weighted by molar-refractivity contribution is 5.98. The van der Waals surface area contributed by atoms with E-state index in [0.717, 1.165) is 0 Å². The van der Waals surface area contributed by atoms with Crippen molar-refractivity contribution < 1.29 is 9.59 Å². The molecule has 32 heavy (non-hydrogen) atoms. The third kappa shape index (κ3) is 4.75. The Labute approximate surface area is 185 Å². The molecule has 0 radical (unpaired) electrons. The van der Waals surface area contributed by atoms with E-state index in [4.69, 9.17) is 5.26 Å². The maximum atomic E-state index is 12.7. The molecular weight excluding hydrogens is 404 g/mol. The number of hydrogen-bond donors (Lipinski definition) is 1. The number of nitrogens with zero attached hydrogens (tertiary/aromatic N) is 3. The lowest BCUT2D eigenvalue weighted by atomic mass is 9.88. The fourth-order valence-corrected chi connectivity index (χ4v) is 4.15. The molecule has 0 spiro atoms. The number of H-pyrrole nitrogens is 1. The maximum Gasteiger partial charge on any atom is 0.258 e. The number of piperidine rings is 1. The van der Waals surface area contributed by atoms with Gasteiger partial charge in [0.1, 0.15) is 5.82 Å². The van der Waals surface area contributed by atoms with Crippen LogP contribution >= 0.6 is 0 Å². The monoisotopic (exact) mass is 428 g/mol. The van der Waals surface area contributed by atoms with Gasteiger partial charge in [-0.2, -0.15) is 5.26 Å². The van der Waals surface area contributed by atoms with Crippen LogP contribution in [-0.4, -0.2) is 39.6 Å². The second-order valence-corrected chi connectivity index (χ2v) is 8.09. The summed E-state index contributed by atoms with van der Waals surface area (Å²) < 4.78 is 0. The Hall–Kier alpha value is -3.79. The number of likely N-dealkylation sites (tertiary alicyclic amines) is 1. The van der Waals surface area contributed by atoms with Crippen LogP contribution < -0.4 is 5.56 Å². The van der Waals surface area contributed by atoms with Gasteiger partial charge in [0.25, 0.3) is 5.56 Å². The Kier molecular flexibility index (Phi) is 6.41. The van der Waals surface area contributed by atoms with Gasteiger partial charge < -0.3 is 9.88 Å². The summed E-state index contributed by atoms with van der Waals surface area (Å²) in [5, 5.41) is 9.45. The van der Waals surface area contributed by atoms with Crippen LogP contribution in [-0.2, 0) is 11.2 Å². The molecule has 1 amide bonds. The molecule has 2 aromatic carbocycles. The number of aryl methyl sites for hydroxylation is 1. The summed E-state index contributed by atoms with van der Waals surface area (Å²) in [6, 6.07) is 16.0. The maximum absolute atomic E-state index is 12.7. The average molecular weight is 428 g/mol. The van der Waals surface area contributed by atoms with Gasteiger partial charge in [0.05, 0.1) is 22.5 Å². The molecule has 0 atom stereocenters. The second kappa shape index (κ2) is 9.56. The summed E-state index contributed by atoms with van der Waals surface area (Å²) in [5.41, 5.74) is 1.65. The highest BCUT2D eigenvalue weighted by atomic mass is 16.2. The molecular formula is C25H24N4O3. The number of nitrogens with one attached hydrogen (secondary N) is 1. The number of carbonyl (C=O) groups excluding carboxylic acids is 2. The number of amides is 1. The van der Waals surface area contributed by atoms with E-state index >= 15 is 0 Å². The number of fused-ring (bicyclic) bond motifs is 1. The number of benzene rings is 2. The summed E-state index contributed by atoms with van der Waals surface area (Å²) >= 11 is 0. The van der Waals surface area contributed by atoms with E-state index in [2.05, 4.69) is 16.0 Å². The predicted molar refractivity (Wildman–Crippen MR) is 120 cm³/mol. The van der Waals surface area contributed by atoms with Crippen LogP contribution in [0.1, 0.15) is 47.4 Å². The minimum Gasteiger partial charge on any atom is -0.343 e. The third-order valence-corrected chi connectivity index (χ3v) is 5.98. The molecule has 1 fully saturated rings. The number of nitriles is 1.